The SMILES string of the molecule is CCOC(=O)C1CCCN(C(=O)C2CCN(c3ccccc3C)C2=O)C1. The summed E-state index contributed by atoms with van der Waals surface area (Å²) in [5, 5.41) is 0. The summed E-state index contributed by atoms with van der Waals surface area (Å²) < 4.78 is 5.09. The fourth-order valence-electron chi connectivity index (χ4n) is 3.86. The molecular formula is C20H26N2O4. The third kappa shape index (κ3) is 3.59. The molecule has 0 aromatic heterocycles. The molecule has 2 aliphatic rings. The van der Waals surface area contributed by atoms with E-state index in [9.17, 15) is 14.4 Å². The molecule has 6 nitrogen and oxygen atoms in total. The molecule has 2 heterocycles. The van der Waals surface area contributed by atoms with Gasteiger partial charge in [0.25, 0.3) is 0 Å². The summed E-state index contributed by atoms with van der Waals surface area (Å²) in [6.07, 6.45) is 2.01. The number of likely N-dealkylation sites (tertiary alicyclic amines) is 1. The van der Waals surface area contributed by atoms with Gasteiger partial charge in [-0.15, -0.1) is 0 Å². The number of benzene rings is 1. The Morgan fingerprint density at radius 3 is 2.69 bits per heavy atom. The Morgan fingerprint density at radius 2 is 1.96 bits per heavy atom. The minimum Gasteiger partial charge on any atom is -0.466 e. The second-order valence-electron chi connectivity index (χ2n) is 6.99. The number of amides is 2. The molecule has 0 spiro atoms. The fraction of sp³-hybridized carbons (Fsp3) is 0.550. The first-order chi connectivity index (χ1) is 12.5. The van der Waals surface area contributed by atoms with Gasteiger partial charge in [-0.3, -0.25) is 14.4 Å². The molecule has 0 N–H and O–H groups in total. The van der Waals surface area contributed by atoms with Gasteiger partial charge in [0.2, 0.25) is 11.8 Å². The molecule has 0 aliphatic carbocycles. The average Bonchev–Trinajstić information content (AvgIpc) is 3.03. The van der Waals surface area contributed by atoms with Gasteiger partial charge in [-0.2, -0.15) is 0 Å². The van der Waals surface area contributed by atoms with Crippen molar-refractivity contribution in [2.24, 2.45) is 11.8 Å². The summed E-state index contributed by atoms with van der Waals surface area (Å²) in [4.78, 5) is 41.2. The number of carbonyl (C=O) groups excluding carboxylic acids is 3. The van der Waals surface area contributed by atoms with Gasteiger partial charge in [-0.05, 0) is 44.7 Å². The summed E-state index contributed by atoms with van der Waals surface area (Å²) in [7, 11) is 0. The Hall–Kier alpha value is -2.37. The molecule has 0 saturated carbocycles. The van der Waals surface area contributed by atoms with Crippen LogP contribution in [0.4, 0.5) is 5.69 Å². The molecule has 2 atom stereocenters. The van der Waals surface area contributed by atoms with Crippen LogP contribution < -0.4 is 4.90 Å². The van der Waals surface area contributed by atoms with Gasteiger partial charge in [-0.25, -0.2) is 0 Å². The van der Waals surface area contributed by atoms with Crippen LogP contribution in [0.5, 0.6) is 0 Å². The van der Waals surface area contributed by atoms with Gasteiger partial charge in [-0.1, -0.05) is 18.2 Å². The molecule has 2 fully saturated rings. The number of rotatable bonds is 4. The molecule has 2 unspecified atom stereocenters. The van der Waals surface area contributed by atoms with Crippen molar-refractivity contribution < 1.29 is 19.1 Å². The number of aryl methyl sites for hydroxylation is 1. The Morgan fingerprint density at radius 1 is 1.19 bits per heavy atom. The zero-order valence-corrected chi connectivity index (χ0v) is 15.4. The number of carbonyl (C=O) groups is 3. The molecule has 1 aromatic rings. The third-order valence-corrected chi connectivity index (χ3v) is 5.26. The molecule has 0 radical (unpaired) electrons. The van der Waals surface area contributed by atoms with Gasteiger partial charge in [0, 0.05) is 25.3 Å². The number of ether oxygens (including phenoxy) is 1. The molecule has 2 aliphatic heterocycles. The van der Waals surface area contributed by atoms with Crippen LogP contribution in [0.2, 0.25) is 0 Å². The molecule has 140 valence electrons. The first kappa shape index (κ1) is 18.4. The van der Waals surface area contributed by atoms with Crippen LogP contribution in [0.1, 0.15) is 31.7 Å². The number of piperidine rings is 1. The Bertz CT molecular complexity index is 703. The zero-order chi connectivity index (χ0) is 18.7. The lowest BCUT2D eigenvalue weighted by molar-refractivity contribution is -0.152. The van der Waals surface area contributed by atoms with E-state index < -0.39 is 5.92 Å². The minimum absolute atomic E-state index is 0.137. The maximum absolute atomic E-state index is 12.9. The standard InChI is InChI=1S/C20H26N2O4/c1-3-26-20(25)15-8-6-11-21(13-15)18(23)16-10-12-22(19(16)24)17-9-5-4-7-14(17)2/h4-5,7,9,15-16H,3,6,8,10-13H2,1-2H3. The van der Waals surface area contributed by atoms with Crippen LogP contribution in [0.25, 0.3) is 0 Å². The van der Waals surface area contributed by atoms with E-state index in [4.69, 9.17) is 4.74 Å². The van der Waals surface area contributed by atoms with E-state index in [1.54, 1.807) is 16.7 Å². The van der Waals surface area contributed by atoms with Crippen molar-refractivity contribution in [1.29, 1.82) is 0 Å². The predicted molar refractivity (Wildman–Crippen MR) is 97.6 cm³/mol. The van der Waals surface area contributed by atoms with Gasteiger partial charge < -0.3 is 14.5 Å². The first-order valence-corrected chi connectivity index (χ1v) is 9.35. The topological polar surface area (TPSA) is 66.9 Å². The van der Waals surface area contributed by atoms with Crippen LogP contribution in [0.3, 0.4) is 0 Å². The Kier molecular flexibility index (Phi) is 5.59. The van der Waals surface area contributed by atoms with E-state index in [1.165, 1.54) is 0 Å². The predicted octanol–water partition coefficient (Wildman–Crippen LogP) is 2.15. The fourth-order valence-corrected chi connectivity index (χ4v) is 3.86. The van der Waals surface area contributed by atoms with Crippen LogP contribution in [0, 0.1) is 18.8 Å². The average molecular weight is 358 g/mol. The maximum atomic E-state index is 12.9. The van der Waals surface area contributed by atoms with E-state index in [-0.39, 0.29) is 23.7 Å². The first-order valence-electron chi connectivity index (χ1n) is 9.35. The minimum atomic E-state index is -0.643. The molecule has 26 heavy (non-hydrogen) atoms. The molecule has 3 rings (SSSR count). The molecule has 6 heteroatoms. The van der Waals surface area contributed by atoms with Crippen LogP contribution in [0.15, 0.2) is 24.3 Å². The smallest absolute Gasteiger partial charge is 0.310 e. The molecule has 0 bridgehead atoms. The molecule has 2 saturated heterocycles. The van der Waals surface area contributed by atoms with Crippen molar-refractivity contribution in [1.82, 2.24) is 4.90 Å². The number of hydrogen-bond acceptors (Lipinski definition) is 4. The van der Waals surface area contributed by atoms with E-state index in [1.807, 2.05) is 31.2 Å². The quantitative estimate of drug-likeness (QED) is 0.611. The third-order valence-electron chi connectivity index (χ3n) is 5.26. The van der Waals surface area contributed by atoms with Crippen molar-refractivity contribution in [2.75, 3.05) is 31.1 Å². The summed E-state index contributed by atoms with van der Waals surface area (Å²) >= 11 is 0. The summed E-state index contributed by atoms with van der Waals surface area (Å²) in [6.45, 7) is 5.59. The van der Waals surface area contributed by atoms with E-state index in [0.29, 0.717) is 32.7 Å². The molecule has 2 amide bonds. The Balaban J connectivity index is 1.68. The van der Waals surface area contributed by atoms with Crippen molar-refractivity contribution in [2.45, 2.75) is 33.1 Å². The van der Waals surface area contributed by atoms with E-state index in [0.717, 1.165) is 24.1 Å². The molecule has 1 aromatic carbocycles. The lowest BCUT2D eigenvalue weighted by Gasteiger charge is -2.33. The lowest BCUT2D eigenvalue weighted by Crippen LogP contribution is -2.46. The van der Waals surface area contributed by atoms with Crippen LogP contribution in [-0.2, 0) is 19.1 Å². The highest BCUT2D eigenvalue weighted by Gasteiger charge is 2.41. The number of para-hydroxylation sites is 1. The van der Waals surface area contributed by atoms with Crippen LogP contribution in [-0.4, -0.2) is 48.9 Å². The maximum Gasteiger partial charge on any atom is 0.310 e. The highest BCUT2D eigenvalue weighted by molar-refractivity contribution is 6.10. The summed E-state index contributed by atoms with van der Waals surface area (Å²) in [6, 6.07) is 7.72. The largest absolute Gasteiger partial charge is 0.466 e. The number of anilines is 1. The van der Waals surface area contributed by atoms with Crippen molar-refractivity contribution in [3.63, 3.8) is 0 Å². The molecular weight excluding hydrogens is 332 g/mol. The highest BCUT2D eigenvalue weighted by atomic mass is 16.5. The zero-order valence-electron chi connectivity index (χ0n) is 15.4. The van der Waals surface area contributed by atoms with Crippen molar-refractivity contribution in [3.05, 3.63) is 29.8 Å². The highest BCUT2D eigenvalue weighted by Crippen LogP contribution is 2.30. The van der Waals surface area contributed by atoms with Gasteiger partial charge in [0.1, 0.15) is 5.92 Å². The Labute approximate surface area is 154 Å². The normalized spacial score (nSPS) is 23.2. The summed E-state index contributed by atoms with van der Waals surface area (Å²) in [5.41, 5.74) is 1.89. The second kappa shape index (κ2) is 7.89. The van der Waals surface area contributed by atoms with Crippen LogP contribution >= 0.6 is 0 Å². The van der Waals surface area contributed by atoms with E-state index in [2.05, 4.69) is 0 Å². The van der Waals surface area contributed by atoms with E-state index >= 15 is 0 Å². The summed E-state index contributed by atoms with van der Waals surface area (Å²) in [5.74, 6) is -1.46. The lowest BCUT2D eigenvalue weighted by atomic mass is 9.96. The van der Waals surface area contributed by atoms with Gasteiger partial charge >= 0.3 is 5.97 Å². The van der Waals surface area contributed by atoms with Crippen molar-refractivity contribution >= 4 is 23.5 Å². The van der Waals surface area contributed by atoms with Gasteiger partial charge in [0.15, 0.2) is 0 Å². The second-order valence-corrected chi connectivity index (χ2v) is 6.99. The number of hydrogen-bond donors (Lipinski definition) is 0. The van der Waals surface area contributed by atoms with Gasteiger partial charge in [0.05, 0.1) is 12.5 Å². The van der Waals surface area contributed by atoms with Crippen molar-refractivity contribution in [3.8, 4) is 0 Å². The monoisotopic (exact) mass is 358 g/mol. The number of esters is 1. The number of nitrogens with zero attached hydrogens (tertiary/aromatic N) is 2.